The molecular formula is C19H16N4O2. The van der Waals surface area contributed by atoms with Crippen molar-refractivity contribution in [1.82, 2.24) is 10.2 Å². The Balaban J connectivity index is 1.80. The number of nitrogens with zero attached hydrogens (tertiary/aromatic N) is 3. The van der Waals surface area contributed by atoms with E-state index in [1.165, 1.54) is 6.07 Å². The zero-order valence-corrected chi connectivity index (χ0v) is 13.3. The highest BCUT2D eigenvalue weighted by Crippen LogP contribution is 2.37. The van der Waals surface area contributed by atoms with Crippen LogP contribution in [-0.4, -0.2) is 32.6 Å². The number of anilines is 1. The summed E-state index contributed by atoms with van der Waals surface area (Å²) in [7, 11) is 0. The van der Waals surface area contributed by atoms with Gasteiger partial charge < -0.3 is 15.5 Å². The van der Waals surface area contributed by atoms with E-state index in [1.54, 1.807) is 12.1 Å². The molecule has 0 amide bonds. The zero-order valence-electron chi connectivity index (χ0n) is 13.3. The fourth-order valence-corrected chi connectivity index (χ4v) is 3.10. The van der Waals surface area contributed by atoms with Gasteiger partial charge >= 0.3 is 0 Å². The number of aromatic hydroxyl groups is 1. The average Bonchev–Trinajstić information content (AvgIpc) is 2.61. The van der Waals surface area contributed by atoms with Gasteiger partial charge in [0.1, 0.15) is 11.4 Å². The highest BCUT2D eigenvalue weighted by molar-refractivity contribution is 6.01. The van der Waals surface area contributed by atoms with Crippen LogP contribution in [0.2, 0.25) is 0 Å². The summed E-state index contributed by atoms with van der Waals surface area (Å²) in [6, 6.07) is 12.7. The van der Waals surface area contributed by atoms with E-state index in [0.717, 1.165) is 10.8 Å². The molecule has 4 rings (SSSR count). The Morgan fingerprint density at radius 3 is 2.52 bits per heavy atom. The third-order valence-corrected chi connectivity index (χ3v) is 4.51. The molecule has 1 saturated carbocycles. The molecule has 3 N–H and O–H groups in total. The van der Waals surface area contributed by atoms with Gasteiger partial charge in [-0.25, -0.2) is 4.85 Å². The first-order valence-corrected chi connectivity index (χ1v) is 8.06. The number of nitrogens with one attached hydrogen (secondary N) is 1. The Bertz CT molecular complexity index is 990. The van der Waals surface area contributed by atoms with Crippen molar-refractivity contribution in [2.24, 2.45) is 0 Å². The van der Waals surface area contributed by atoms with Crippen LogP contribution in [0.15, 0.2) is 42.5 Å². The normalized spacial score (nSPS) is 19.2. The summed E-state index contributed by atoms with van der Waals surface area (Å²) in [5.74, 6) is 0.685. The van der Waals surface area contributed by atoms with E-state index in [1.807, 2.05) is 24.3 Å². The molecular weight excluding hydrogens is 316 g/mol. The Kier molecular flexibility index (Phi) is 3.71. The van der Waals surface area contributed by atoms with Crippen LogP contribution in [-0.2, 0) is 0 Å². The second kappa shape index (κ2) is 6.04. The Labute approximate surface area is 144 Å². The smallest absolute Gasteiger partial charge is 0.190 e. The maximum Gasteiger partial charge on any atom is 0.190 e. The maximum absolute atomic E-state index is 10.3. The lowest BCUT2D eigenvalue weighted by Gasteiger charge is -2.32. The second-order valence-electron chi connectivity index (χ2n) is 6.22. The molecule has 6 nitrogen and oxygen atoms in total. The van der Waals surface area contributed by atoms with Crippen molar-refractivity contribution < 1.29 is 10.2 Å². The summed E-state index contributed by atoms with van der Waals surface area (Å²) < 4.78 is 0. The summed E-state index contributed by atoms with van der Waals surface area (Å²) in [5.41, 5.74) is 1.49. The average molecular weight is 332 g/mol. The summed E-state index contributed by atoms with van der Waals surface area (Å²) in [5, 5.41) is 33.4. The molecule has 1 heterocycles. The molecule has 1 aliphatic rings. The molecule has 25 heavy (non-hydrogen) atoms. The van der Waals surface area contributed by atoms with E-state index in [9.17, 15) is 10.2 Å². The molecule has 3 aromatic rings. The number of fused-ring (bicyclic) bond motifs is 1. The number of phenols is 1. The van der Waals surface area contributed by atoms with Gasteiger partial charge in [0.2, 0.25) is 0 Å². The van der Waals surface area contributed by atoms with Crippen LogP contribution in [0.4, 0.5) is 11.5 Å². The molecule has 1 fully saturated rings. The number of benzene rings is 2. The van der Waals surface area contributed by atoms with E-state index in [2.05, 4.69) is 20.4 Å². The number of aromatic nitrogens is 2. The minimum absolute atomic E-state index is 0.00998. The molecule has 1 aliphatic carbocycles. The van der Waals surface area contributed by atoms with Gasteiger partial charge in [-0.15, -0.1) is 10.2 Å². The number of phenolic OH excluding ortho intramolecular Hbond substituents is 1. The summed E-state index contributed by atoms with van der Waals surface area (Å²) >= 11 is 0. The first kappa shape index (κ1) is 15.4. The number of hydrogen-bond donors (Lipinski definition) is 3. The standard InChI is InChI=1S/C19H16N4O2/c1-20-11-6-7-16(17(25)10-11)18-14-4-2-3-5-15(14)19(23-22-18)21-12-8-13(24)9-12/h2-7,10,12-13,24-25H,8-9H2,(H,21,23). The molecule has 0 atom stereocenters. The first-order valence-electron chi connectivity index (χ1n) is 8.06. The Hall–Kier alpha value is -3.17. The number of aliphatic hydroxyl groups is 1. The van der Waals surface area contributed by atoms with Gasteiger partial charge in [0.05, 0.1) is 12.7 Å². The van der Waals surface area contributed by atoms with Crippen LogP contribution in [0.1, 0.15) is 12.8 Å². The highest BCUT2D eigenvalue weighted by Gasteiger charge is 2.28. The monoisotopic (exact) mass is 332 g/mol. The first-order chi connectivity index (χ1) is 12.2. The highest BCUT2D eigenvalue weighted by atomic mass is 16.3. The topological polar surface area (TPSA) is 82.6 Å². The van der Waals surface area contributed by atoms with Crippen molar-refractivity contribution in [3.63, 3.8) is 0 Å². The van der Waals surface area contributed by atoms with Crippen molar-refractivity contribution in [3.8, 4) is 17.0 Å². The van der Waals surface area contributed by atoms with Crippen LogP contribution < -0.4 is 5.32 Å². The molecule has 0 radical (unpaired) electrons. The van der Waals surface area contributed by atoms with E-state index in [0.29, 0.717) is 35.6 Å². The van der Waals surface area contributed by atoms with Gasteiger partial charge in [-0.3, -0.25) is 0 Å². The molecule has 124 valence electrons. The van der Waals surface area contributed by atoms with Crippen molar-refractivity contribution in [2.75, 3.05) is 5.32 Å². The van der Waals surface area contributed by atoms with Crippen molar-refractivity contribution >= 4 is 22.3 Å². The van der Waals surface area contributed by atoms with Gasteiger partial charge in [0.15, 0.2) is 11.5 Å². The SMILES string of the molecule is [C-]#[N+]c1ccc(-c2nnc(NC3CC(O)C3)c3ccccc23)c(O)c1. The molecule has 6 heteroatoms. The minimum Gasteiger partial charge on any atom is -0.509 e. The van der Waals surface area contributed by atoms with E-state index in [4.69, 9.17) is 6.57 Å². The van der Waals surface area contributed by atoms with Crippen LogP contribution >= 0.6 is 0 Å². The van der Waals surface area contributed by atoms with Crippen LogP contribution in [0.25, 0.3) is 26.9 Å². The van der Waals surface area contributed by atoms with E-state index in [-0.39, 0.29) is 17.9 Å². The van der Waals surface area contributed by atoms with Gasteiger partial charge in [-0.1, -0.05) is 36.4 Å². The summed E-state index contributed by atoms with van der Waals surface area (Å²) in [6.07, 6.45) is 1.17. The van der Waals surface area contributed by atoms with Crippen molar-refractivity contribution in [2.45, 2.75) is 25.0 Å². The molecule has 1 aromatic heterocycles. The zero-order chi connectivity index (χ0) is 17.4. The van der Waals surface area contributed by atoms with Gasteiger partial charge in [0.25, 0.3) is 0 Å². The predicted molar refractivity (Wildman–Crippen MR) is 95.6 cm³/mol. The van der Waals surface area contributed by atoms with Crippen LogP contribution in [0.3, 0.4) is 0 Å². The fourth-order valence-electron chi connectivity index (χ4n) is 3.10. The number of aliphatic hydroxyl groups excluding tert-OH is 1. The largest absolute Gasteiger partial charge is 0.509 e. The number of hydrogen-bond acceptors (Lipinski definition) is 5. The minimum atomic E-state index is -0.242. The Morgan fingerprint density at radius 2 is 1.84 bits per heavy atom. The van der Waals surface area contributed by atoms with E-state index >= 15 is 0 Å². The number of rotatable bonds is 3. The van der Waals surface area contributed by atoms with Crippen LogP contribution in [0, 0.1) is 6.57 Å². The van der Waals surface area contributed by atoms with Gasteiger partial charge in [0, 0.05) is 22.4 Å². The van der Waals surface area contributed by atoms with E-state index < -0.39 is 0 Å². The quantitative estimate of drug-likeness (QED) is 0.640. The maximum atomic E-state index is 10.3. The molecule has 0 saturated heterocycles. The van der Waals surface area contributed by atoms with Crippen molar-refractivity contribution in [3.05, 3.63) is 53.9 Å². The van der Waals surface area contributed by atoms with Crippen LogP contribution in [0.5, 0.6) is 5.75 Å². The van der Waals surface area contributed by atoms with Gasteiger partial charge in [-0.05, 0) is 18.9 Å². The Morgan fingerprint density at radius 1 is 1.08 bits per heavy atom. The molecule has 0 unspecified atom stereocenters. The molecule has 0 spiro atoms. The predicted octanol–water partition coefficient (Wildman–Crippen LogP) is 3.49. The lowest BCUT2D eigenvalue weighted by Crippen LogP contribution is -2.39. The second-order valence-corrected chi connectivity index (χ2v) is 6.22. The third-order valence-electron chi connectivity index (χ3n) is 4.51. The molecule has 0 aliphatic heterocycles. The van der Waals surface area contributed by atoms with Crippen molar-refractivity contribution in [1.29, 1.82) is 0 Å². The summed E-state index contributed by atoms with van der Waals surface area (Å²) in [6.45, 7) is 7.04. The summed E-state index contributed by atoms with van der Waals surface area (Å²) in [4.78, 5) is 3.32. The third kappa shape index (κ3) is 2.75. The fraction of sp³-hybridized carbons (Fsp3) is 0.211. The lowest BCUT2D eigenvalue weighted by molar-refractivity contribution is 0.0835. The molecule has 0 bridgehead atoms. The lowest BCUT2D eigenvalue weighted by atomic mass is 9.89. The van der Waals surface area contributed by atoms with Gasteiger partial charge in [-0.2, -0.15) is 0 Å². The molecule has 2 aromatic carbocycles.